The highest BCUT2D eigenvalue weighted by atomic mass is 79.9. The van der Waals surface area contributed by atoms with E-state index in [0.29, 0.717) is 24.0 Å². The molecule has 156 valence electrons. The number of amides is 2. The number of halogens is 2. The van der Waals surface area contributed by atoms with Crippen molar-refractivity contribution in [3.05, 3.63) is 63.6 Å². The van der Waals surface area contributed by atoms with E-state index in [0.717, 1.165) is 14.9 Å². The van der Waals surface area contributed by atoms with Crippen molar-refractivity contribution in [3.8, 4) is 0 Å². The third-order valence-corrected chi connectivity index (χ3v) is 6.01. The third kappa shape index (κ3) is 8.03. The molecular formula is C22H26BrClN2O2S. The highest BCUT2D eigenvalue weighted by Gasteiger charge is 2.26. The quantitative estimate of drug-likeness (QED) is 0.473. The van der Waals surface area contributed by atoms with E-state index >= 15 is 0 Å². The van der Waals surface area contributed by atoms with Crippen LogP contribution in [0.2, 0.25) is 5.02 Å². The van der Waals surface area contributed by atoms with Crippen molar-refractivity contribution in [2.45, 2.75) is 38.3 Å². The number of carbonyl (C=O) groups is 2. The summed E-state index contributed by atoms with van der Waals surface area (Å²) >= 11 is 10.8. The van der Waals surface area contributed by atoms with E-state index in [2.05, 4.69) is 21.2 Å². The van der Waals surface area contributed by atoms with Gasteiger partial charge in [0.1, 0.15) is 6.04 Å². The standard InChI is InChI=1S/C22H26BrClN2O2S/c1-15(2)12-25-22(28)16(3)26(13-17-5-4-6-18(23)11-17)21(27)14-29-20-9-7-19(24)8-10-20/h4-11,15-16H,12-14H2,1-3H3,(H,25,28)/t16-/m0/s1. The number of benzene rings is 2. The van der Waals surface area contributed by atoms with E-state index < -0.39 is 6.04 Å². The van der Waals surface area contributed by atoms with Gasteiger partial charge in [-0.3, -0.25) is 9.59 Å². The summed E-state index contributed by atoms with van der Waals surface area (Å²) in [6.07, 6.45) is 0. The van der Waals surface area contributed by atoms with Gasteiger partial charge in [-0.2, -0.15) is 0 Å². The minimum atomic E-state index is -0.564. The molecule has 2 amide bonds. The molecule has 1 N–H and O–H groups in total. The molecule has 0 aliphatic heterocycles. The summed E-state index contributed by atoms with van der Waals surface area (Å²) < 4.78 is 0.940. The lowest BCUT2D eigenvalue weighted by Crippen LogP contribution is -2.48. The fourth-order valence-electron chi connectivity index (χ4n) is 2.63. The van der Waals surface area contributed by atoms with Crippen LogP contribution in [0, 0.1) is 5.92 Å². The summed E-state index contributed by atoms with van der Waals surface area (Å²) in [5.41, 5.74) is 0.965. The molecule has 0 fully saturated rings. The Morgan fingerprint density at radius 3 is 2.45 bits per heavy atom. The molecular weight excluding hydrogens is 472 g/mol. The van der Waals surface area contributed by atoms with Crippen molar-refractivity contribution in [2.75, 3.05) is 12.3 Å². The van der Waals surface area contributed by atoms with E-state index in [9.17, 15) is 9.59 Å². The van der Waals surface area contributed by atoms with Crippen molar-refractivity contribution in [1.29, 1.82) is 0 Å². The largest absolute Gasteiger partial charge is 0.354 e. The number of thioether (sulfide) groups is 1. The maximum atomic E-state index is 13.0. The molecule has 7 heteroatoms. The molecule has 29 heavy (non-hydrogen) atoms. The number of rotatable bonds is 9. The van der Waals surface area contributed by atoms with E-state index in [1.165, 1.54) is 11.8 Å². The van der Waals surface area contributed by atoms with Crippen molar-refractivity contribution in [2.24, 2.45) is 5.92 Å². The highest BCUT2D eigenvalue weighted by Crippen LogP contribution is 2.22. The number of hydrogen-bond donors (Lipinski definition) is 1. The van der Waals surface area contributed by atoms with Gasteiger partial charge in [0.15, 0.2) is 0 Å². The second-order valence-corrected chi connectivity index (χ2v) is 9.61. The van der Waals surface area contributed by atoms with Gasteiger partial charge in [0, 0.05) is 27.5 Å². The minimum absolute atomic E-state index is 0.0860. The number of nitrogens with one attached hydrogen (secondary N) is 1. The van der Waals surface area contributed by atoms with Gasteiger partial charge in [0.05, 0.1) is 5.75 Å². The Labute approximate surface area is 190 Å². The summed E-state index contributed by atoms with van der Waals surface area (Å²) in [6.45, 7) is 6.81. The molecule has 2 aromatic rings. The van der Waals surface area contributed by atoms with Crippen LogP contribution in [0.5, 0.6) is 0 Å². The first kappa shape index (κ1) is 23.8. The van der Waals surface area contributed by atoms with Crippen LogP contribution in [-0.2, 0) is 16.1 Å². The van der Waals surface area contributed by atoms with Gasteiger partial charge in [-0.15, -0.1) is 11.8 Å². The number of nitrogens with zero attached hydrogens (tertiary/aromatic N) is 1. The molecule has 0 saturated carbocycles. The van der Waals surface area contributed by atoms with Crippen LogP contribution in [0.25, 0.3) is 0 Å². The molecule has 0 aromatic heterocycles. The molecule has 2 rings (SSSR count). The fourth-order valence-corrected chi connectivity index (χ4v) is 3.98. The Hall–Kier alpha value is -1.50. The van der Waals surface area contributed by atoms with Crippen molar-refractivity contribution in [3.63, 3.8) is 0 Å². The van der Waals surface area contributed by atoms with Crippen LogP contribution in [0.4, 0.5) is 0 Å². The van der Waals surface area contributed by atoms with E-state index in [1.807, 2.05) is 50.2 Å². The predicted octanol–water partition coefficient (Wildman–Crippen LogP) is 5.38. The Morgan fingerprint density at radius 2 is 1.83 bits per heavy atom. The maximum Gasteiger partial charge on any atom is 0.242 e. The Morgan fingerprint density at radius 1 is 1.14 bits per heavy atom. The zero-order valence-electron chi connectivity index (χ0n) is 16.8. The predicted molar refractivity (Wildman–Crippen MR) is 124 cm³/mol. The molecule has 0 saturated heterocycles. The van der Waals surface area contributed by atoms with Crippen LogP contribution >= 0.6 is 39.3 Å². The van der Waals surface area contributed by atoms with Gasteiger partial charge in [0.2, 0.25) is 11.8 Å². The van der Waals surface area contributed by atoms with Gasteiger partial charge in [-0.25, -0.2) is 0 Å². The topological polar surface area (TPSA) is 49.4 Å². The lowest BCUT2D eigenvalue weighted by Gasteiger charge is -2.29. The normalized spacial score (nSPS) is 11.9. The molecule has 2 aromatic carbocycles. The molecule has 1 atom stereocenters. The third-order valence-electron chi connectivity index (χ3n) is 4.27. The van der Waals surface area contributed by atoms with E-state index in [-0.39, 0.29) is 17.6 Å². The van der Waals surface area contributed by atoms with Crippen LogP contribution in [-0.4, -0.2) is 35.1 Å². The van der Waals surface area contributed by atoms with E-state index in [1.54, 1.807) is 24.0 Å². The number of carbonyl (C=O) groups excluding carboxylic acids is 2. The van der Waals surface area contributed by atoms with Crippen molar-refractivity contribution >= 4 is 51.1 Å². The highest BCUT2D eigenvalue weighted by molar-refractivity contribution is 9.10. The molecule has 4 nitrogen and oxygen atoms in total. The maximum absolute atomic E-state index is 13.0. The monoisotopic (exact) mass is 496 g/mol. The first-order valence-corrected chi connectivity index (χ1v) is 11.6. The molecule has 0 heterocycles. The lowest BCUT2D eigenvalue weighted by molar-refractivity contribution is -0.138. The summed E-state index contributed by atoms with van der Waals surface area (Å²) in [4.78, 5) is 28.3. The van der Waals surface area contributed by atoms with Gasteiger partial charge in [-0.1, -0.05) is 53.5 Å². The molecule has 0 unspecified atom stereocenters. The SMILES string of the molecule is CC(C)CNC(=O)[C@H](C)N(Cc1cccc(Br)c1)C(=O)CSc1ccc(Cl)cc1. The molecule has 0 aliphatic carbocycles. The van der Waals surface area contributed by atoms with Crippen LogP contribution in [0.1, 0.15) is 26.3 Å². The van der Waals surface area contributed by atoms with Gasteiger partial charge in [-0.05, 0) is 54.8 Å². The lowest BCUT2D eigenvalue weighted by atomic mass is 10.1. The van der Waals surface area contributed by atoms with Gasteiger partial charge in [0.25, 0.3) is 0 Å². The average molecular weight is 498 g/mol. The Balaban J connectivity index is 2.12. The van der Waals surface area contributed by atoms with Crippen LogP contribution < -0.4 is 5.32 Å². The molecule has 0 bridgehead atoms. The number of hydrogen-bond acceptors (Lipinski definition) is 3. The van der Waals surface area contributed by atoms with E-state index in [4.69, 9.17) is 11.6 Å². The van der Waals surface area contributed by atoms with Gasteiger partial charge >= 0.3 is 0 Å². The zero-order chi connectivity index (χ0) is 21.4. The first-order valence-electron chi connectivity index (χ1n) is 9.46. The minimum Gasteiger partial charge on any atom is -0.354 e. The average Bonchev–Trinajstić information content (AvgIpc) is 2.69. The molecule has 0 radical (unpaired) electrons. The zero-order valence-corrected chi connectivity index (χ0v) is 20.0. The Kier molecular flexibility index (Phi) is 9.53. The summed E-state index contributed by atoms with van der Waals surface area (Å²) in [5.74, 6) is 0.369. The van der Waals surface area contributed by atoms with Crippen molar-refractivity contribution in [1.82, 2.24) is 10.2 Å². The summed E-state index contributed by atoms with van der Waals surface area (Å²) in [6, 6.07) is 14.6. The fraction of sp³-hybridized carbons (Fsp3) is 0.364. The second kappa shape index (κ2) is 11.6. The van der Waals surface area contributed by atoms with Crippen LogP contribution in [0.3, 0.4) is 0 Å². The molecule has 0 aliphatic rings. The Bertz CT molecular complexity index is 830. The van der Waals surface area contributed by atoms with Crippen LogP contribution in [0.15, 0.2) is 57.9 Å². The summed E-state index contributed by atoms with van der Waals surface area (Å²) in [7, 11) is 0. The molecule has 0 spiro atoms. The smallest absolute Gasteiger partial charge is 0.242 e. The van der Waals surface area contributed by atoms with Gasteiger partial charge < -0.3 is 10.2 Å². The first-order chi connectivity index (χ1) is 13.8. The summed E-state index contributed by atoms with van der Waals surface area (Å²) in [5, 5.41) is 3.59. The van der Waals surface area contributed by atoms with Crippen molar-refractivity contribution < 1.29 is 9.59 Å². The second-order valence-electron chi connectivity index (χ2n) is 7.21.